The Balaban J connectivity index is 2.11. The third-order valence-corrected chi connectivity index (χ3v) is 4.72. The predicted octanol–water partition coefficient (Wildman–Crippen LogP) is -0.303. The van der Waals surface area contributed by atoms with Crippen LogP contribution in [0.15, 0.2) is 51.0 Å². The van der Waals surface area contributed by atoms with Crippen molar-refractivity contribution in [2.75, 3.05) is 0 Å². The van der Waals surface area contributed by atoms with Gasteiger partial charge in [0, 0.05) is 12.0 Å². The summed E-state index contributed by atoms with van der Waals surface area (Å²) < 4.78 is 10.9. The van der Waals surface area contributed by atoms with Gasteiger partial charge in [-0.15, -0.1) is 0 Å². The number of allylic oxidation sites excluding steroid dienone is 2. The Morgan fingerprint density at radius 3 is 2.84 bits per heavy atom. The summed E-state index contributed by atoms with van der Waals surface area (Å²) in [6.07, 6.45) is 7.07. The zero-order valence-corrected chi connectivity index (χ0v) is 12.9. The van der Waals surface area contributed by atoms with Gasteiger partial charge in [0.25, 0.3) is 0 Å². The molecular weight excluding hydrogens is 326 g/mol. The molecule has 3 aliphatic rings. The first kappa shape index (κ1) is 15.2. The molecular formula is C17H13N3O5. The quantitative estimate of drug-likeness (QED) is 0.638. The second kappa shape index (κ2) is 5.09. The zero-order valence-electron chi connectivity index (χ0n) is 12.9. The van der Waals surface area contributed by atoms with Gasteiger partial charge in [-0.2, -0.15) is 5.26 Å². The van der Waals surface area contributed by atoms with Crippen molar-refractivity contribution in [1.82, 2.24) is 5.32 Å². The molecule has 0 bridgehead atoms. The number of ether oxygens (including phenoxy) is 1. The number of rotatable bonds is 1. The Kier molecular flexibility index (Phi) is 3.10. The SMILES string of the molecule is N#CC1=C(N)Oc2c(oc(CO)cc2=O)[C@]12C(=O)N[C@H]1C=CC=C[C@@H]12. The topological polar surface area (TPSA) is 139 Å². The molecule has 3 atom stereocenters. The fraction of sp³-hybridized carbons (Fsp3) is 0.235. The van der Waals surface area contributed by atoms with Crippen molar-refractivity contribution in [2.24, 2.45) is 11.7 Å². The minimum Gasteiger partial charge on any atom is -0.458 e. The highest BCUT2D eigenvalue weighted by atomic mass is 16.5. The van der Waals surface area contributed by atoms with Gasteiger partial charge in [0.15, 0.2) is 11.2 Å². The van der Waals surface area contributed by atoms with Crippen LogP contribution in [0.4, 0.5) is 0 Å². The third kappa shape index (κ3) is 1.78. The molecule has 25 heavy (non-hydrogen) atoms. The van der Waals surface area contributed by atoms with E-state index in [1.54, 1.807) is 24.3 Å². The number of hydrogen-bond donors (Lipinski definition) is 3. The van der Waals surface area contributed by atoms with E-state index in [1.165, 1.54) is 0 Å². The van der Waals surface area contributed by atoms with Gasteiger partial charge in [0.05, 0.1) is 6.04 Å². The molecule has 3 heterocycles. The molecule has 126 valence electrons. The van der Waals surface area contributed by atoms with E-state index in [1.807, 2.05) is 6.07 Å². The number of nitrogens with one attached hydrogen (secondary N) is 1. The van der Waals surface area contributed by atoms with Gasteiger partial charge in [-0.1, -0.05) is 24.3 Å². The molecule has 1 aliphatic carbocycles. The van der Waals surface area contributed by atoms with Crippen LogP contribution in [0.2, 0.25) is 0 Å². The summed E-state index contributed by atoms with van der Waals surface area (Å²) in [5.41, 5.74) is 3.53. The number of aliphatic hydroxyl groups excluding tert-OH is 1. The van der Waals surface area contributed by atoms with Crippen LogP contribution in [0, 0.1) is 17.2 Å². The molecule has 1 amide bonds. The lowest BCUT2D eigenvalue weighted by Gasteiger charge is -2.35. The molecule has 4 rings (SSSR count). The van der Waals surface area contributed by atoms with Crippen molar-refractivity contribution in [2.45, 2.75) is 18.1 Å². The maximum Gasteiger partial charge on any atom is 0.240 e. The van der Waals surface area contributed by atoms with Crippen molar-refractivity contribution in [3.05, 3.63) is 63.6 Å². The van der Waals surface area contributed by atoms with Crippen molar-refractivity contribution < 1.29 is 19.1 Å². The van der Waals surface area contributed by atoms with Gasteiger partial charge in [-0.3, -0.25) is 9.59 Å². The van der Waals surface area contributed by atoms with Crippen LogP contribution in [0.25, 0.3) is 0 Å². The summed E-state index contributed by atoms with van der Waals surface area (Å²) in [5, 5.41) is 21.8. The van der Waals surface area contributed by atoms with E-state index in [-0.39, 0.29) is 34.8 Å². The number of nitriles is 1. The Hall–Kier alpha value is -3.31. The van der Waals surface area contributed by atoms with Gasteiger partial charge in [-0.05, 0) is 0 Å². The molecule has 2 aliphatic heterocycles. The van der Waals surface area contributed by atoms with Gasteiger partial charge in [0.2, 0.25) is 23.0 Å². The average Bonchev–Trinajstić information content (AvgIpc) is 2.89. The lowest BCUT2D eigenvalue weighted by atomic mass is 9.66. The van der Waals surface area contributed by atoms with Gasteiger partial charge >= 0.3 is 0 Å². The van der Waals surface area contributed by atoms with E-state index in [2.05, 4.69) is 5.32 Å². The van der Waals surface area contributed by atoms with Crippen LogP contribution in [-0.4, -0.2) is 17.1 Å². The second-order valence-corrected chi connectivity index (χ2v) is 5.95. The summed E-state index contributed by atoms with van der Waals surface area (Å²) >= 11 is 0. The van der Waals surface area contributed by atoms with Gasteiger partial charge in [0.1, 0.15) is 24.0 Å². The monoisotopic (exact) mass is 339 g/mol. The van der Waals surface area contributed by atoms with Crippen molar-refractivity contribution in [3.63, 3.8) is 0 Å². The molecule has 1 aromatic heterocycles. The zero-order chi connectivity index (χ0) is 17.8. The smallest absolute Gasteiger partial charge is 0.240 e. The first-order chi connectivity index (χ1) is 12.0. The average molecular weight is 339 g/mol. The Morgan fingerprint density at radius 2 is 2.12 bits per heavy atom. The fourth-order valence-corrected chi connectivity index (χ4v) is 3.69. The van der Waals surface area contributed by atoms with E-state index < -0.39 is 29.3 Å². The summed E-state index contributed by atoms with van der Waals surface area (Å²) in [7, 11) is 0. The van der Waals surface area contributed by atoms with E-state index in [4.69, 9.17) is 14.9 Å². The molecule has 0 radical (unpaired) electrons. The van der Waals surface area contributed by atoms with E-state index in [9.17, 15) is 20.0 Å². The van der Waals surface area contributed by atoms with Crippen molar-refractivity contribution >= 4 is 5.91 Å². The largest absolute Gasteiger partial charge is 0.458 e. The number of hydrogen-bond acceptors (Lipinski definition) is 7. The highest BCUT2D eigenvalue weighted by molar-refractivity contribution is 5.97. The highest BCUT2D eigenvalue weighted by Gasteiger charge is 2.63. The van der Waals surface area contributed by atoms with Crippen LogP contribution in [0.1, 0.15) is 11.5 Å². The molecule has 0 aromatic carbocycles. The van der Waals surface area contributed by atoms with E-state index >= 15 is 0 Å². The molecule has 1 spiro atoms. The Labute approximate surface area is 141 Å². The highest BCUT2D eigenvalue weighted by Crippen LogP contribution is 2.52. The number of carbonyl (C=O) groups is 1. The first-order valence-corrected chi connectivity index (χ1v) is 7.56. The molecule has 8 heteroatoms. The van der Waals surface area contributed by atoms with Gasteiger partial charge < -0.3 is 25.3 Å². The van der Waals surface area contributed by atoms with Crippen molar-refractivity contribution in [1.29, 1.82) is 5.26 Å². The number of fused-ring (bicyclic) bond motifs is 4. The number of amides is 1. The van der Waals surface area contributed by atoms with E-state index in [0.717, 1.165) is 6.07 Å². The summed E-state index contributed by atoms with van der Waals surface area (Å²) in [5.74, 6) is -1.74. The molecule has 8 nitrogen and oxygen atoms in total. The summed E-state index contributed by atoms with van der Waals surface area (Å²) in [4.78, 5) is 25.4. The lowest BCUT2D eigenvalue weighted by molar-refractivity contribution is -0.124. The lowest BCUT2D eigenvalue weighted by Crippen LogP contribution is -2.46. The minimum atomic E-state index is -1.62. The molecule has 0 saturated carbocycles. The summed E-state index contributed by atoms with van der Waals surface area (Å²) in [6.45, 7) is -0.537. The van der Waals surface area contributed by atoms with Crippen molar-refractivity contribution in [3.8, 4) is 11.8 Å². The van der Waals surface area contributed by atoms with Crippen LogP contribution in [0.5, 0.6) is 5.75 Å². The second-order valence-electron chi connectivity index (χ2n) is 5.95. The standard InChI is InChI=1S/C17H13N3O5/c18-6-10-15(19)25-13-12(22)5-8(7-21)24-14(13)17(10)9-3-1-2-4-11(9)20-16(17)23/h1-5,9,11,21H,7,19H2,(H,20,23)/t9-,11-,17+/m0/s1. The Bertz CT molecular complexity index is 981. The first-order valence-electron chi connectivity index (χ1n) is 7.56. The third-order valence-electron chi connectivity index (χ3n) is 4.72. The molecule has 4 N–H and O–H groups in total. The Morgan fingerprint density at radius 1 is 1.36 bits per heavy atom. The maximum absolute atomic E-state index is 13.0. The fourth-order valence-electron chi connectivity index (χ4n) is 3.69. The molecule has 1 aromatic rings. The number of aliphatic hydroxyl groups is 1. The van der Waals surface area contributed by atoms with Crippen LogP contribution < -0.4 is 21.2 Å². The summed E-state index contributed by atoms with van der Waals surface area (Å²) in [6, 6.07) is 2.62. The number of nitrogens with zero attached hydrogens (tertiary/aromatic N) is 1. The van der Waals surface area contributed by atoms with E-state index in [0.29, 0.717) is 0 Å². The number of nitrogens with two attached hydrogens (primary N) is 1. The molecule has 1 saturated heterocycles. The number of carbonyl (C=O) groups excluding carboxylic acids is 1. The minimum absolute atomic E-state index is 0.0314. The van der Waals surface area contributed by atoms with Crippen LogP contribution in [0.3, 0.4) is 0 Å². The van der Waals surface area contributed by atoms with Gasteiger partial charge in [-0.25, -0.2) is 0 Å². The molecule has 1 fully saturated rings. The normalized spacial score (nSPS) is 29.0. The predicted molar refractivity (Wildman–Crippen MR) is 83.7 cm³/mol. The van der Waals surface area contributed by atoms with Crippen LogP contribution in [-0.2, 0) is 16.8 Å². The molecule has 0 unspecified atom stereocenters. The van der Waals surface area contributed by atoms with Crippen LogP contribution >= 0.6 is 0 Å². The maximum atomic E-state index is 13.0.